The summed E-state index contributed by atoms with van der Waals surface area (Å²) in [5, 5.41) is 19.0. The lowest BCUT2D eigenvalue weighted by Crippen LogP contribution is -2.40. The molecule has 0 aromatic carbocycles. The van der Waals surface area contributed by atoms with Crippen molar-refractivity contribution in [1.82, 2.24) is 34.9 Å². The van der Waals surface area contributed by atoms with Crippen LogP contribution in [0.25, 0.3) is 5.65 Å². The Labute approximate surface area is 142 Å². The van der Waals surface area contributed by atoms with Crippen LogP contribution >= 0.6 is 0 Å². The van der Waals surface area contributed by atoms with Crippen molar-refractivity contribution in [3.8, 4) is 0 Å². The highest BCUT2D eigenvalue weighted by atomic mass is 16.2. The standard InChI is InChI=1S/C15H16N8O2/c24-14(9-22-15(25)2-1-6-17-22)18-11-5-7-21(8-11)13-4-3-12-19-16-10-23(12)20-13/h1-4,6,10-11H,5,7-9H2,(H,18,24)/t11-/m0/s1. The third-order valence-corrected chi connectivity index (χ3v) is 4.10. The molecule has 3 aromatic rings. The Morgan fingerprint density at radius 1 is 1.32 bits per heavy atom. The number of carbonyl (C=O) groups excluding carboxylic acids is 1. The lowest BCUT2D eigenvalue weighted by Gasteiger charge is -2.17. The van der Waals surface area contributed by atoms with E-state index in [2.05, 4.69) is 30.6 Å². The first-order valence-electron chi connectivity index (χ1n) is 7.92. The zero-order valence-electron chi connectivity index (χ0n) is 13.3. The van der Waals surface area contributed by atoms with Gasteiger partial charge in [0.15, 0.2) is 5.65 Å². The van der Waals surface area contributed by atoms with Gasteiger partial charge in [0, 0.05) is 31.4 Å². The summed E-state index contributed by atoms with van der Waals surface area (Å²) < 4.78 is 2.76. The number of rotatable bonds is 4. The van der Waals surface area contributed by atoms with Crippen LogP contribution in [0.2, 0.25) is 0 Å². The molecule has 1 aliphatic rings. The van der Waals surface area contributed by atoms with Crippen molar-refractivity contribution in [3.63, 3.8) is 0 Å². The van der Waals surface area contributed by atoms with Gasteiger partial charge in [-0.05, 0) is 24.6 Å². The van der Waals surface area contributed by atoms with E-state index in [9.17, 15) is 9.59 Å². The lowest BCUT2D eigenvalue weighted by molar-refractivity contribution is -0.122. The molecular weight excluding hydrogens is 324 g/mol. The van der Waals surface area contributed by atoms with E-state index in [-0.39, 0.29) is 24.1 Å². The number of hydrogen-bond donors (Lipinski definition) is 1. The highest BCUT2D eigenvalue weighted by Crippen LogP contribution is 2.18. The van der Waals surface area contributed by atoms with E-state index in [1.165, 1.54) is 12.3 Å². The first-order chi connectivity index (χ1) is 12.2. The molecule has 0 saturated carbocycles. The van der Waals surface area contributed by atoms with Crippen molar-refractivity contribution in [2.45, 2.75) is 19.0 Å². The second kappa shape index (κ2) is 6.30. The van der Waals surface area contributed by atoms with Crippen LogP contribution in [-0.2, 0) is 11.3 Å². The Hall–Kier alpha value is -3.30. The lowest BCUT2D eigenvalue weighted by atomic mass is 10.2. The number of hydrogen-bond acceptors (Lipinski definition) is 7. The molecule has 0 bridgehead atoms. The highest BCUT2D eigenvalue weighted by Gasteiger charge is 2.25. The van der Waals surface area contributed by atoms with Crippen molar-refractivity contribution < 1.29 is 4.79 Å². The summed E-state index contributed by atoms with van der Waals surface area (Å²) in [6.07, 6.45) is 3.85. The minimum atomic E-state index is -0.294. The van der Waals surface area contributed by atoms with Crippen LogP contribution in [0.5, 0.6) is 0 Å². The van der Waals surface area contributed by atoms with Crippen molar-refractivity contribution in [2.24, 2.45) is 0 Å². The molecule has 0 spiro atoms. The number of nitrogens with one attached hydrogen (secondary N) is 1. The molecule has 4 rings (SSSR count). The van der Waals surface area contributed by atoms with E-state index < -0.39 is 0 Å². The van der Waals surface area contributed by atoms with E-state index in [1.54, 1.807) is 16.9 Å². The molecular formula is C15H16N8O2. The third kappa shape index (κ3) is 3.18. The number of amides is 1. The van der Waals surface area contributed by atoms with Gasteiger partial charge in [-0.3, -0.25) is 9.59 Å². The fourth-order valence-corrected chi connectivity index (χ4v) is 2.89. The molecule has 1 atom stereocenters. The second-order valence-electron chi connectivity index (χ2n) is 5.84. The fraction of sp³-hybridized carbons (Fsp3) is 0.333. The molecule has 10 heteroatoms. The molecule has 1 N–H and O–H groups in total. The molecule has 0 aliphatic carbocycles. The molecule has 25 heavy (non-hydrogen) atoms. The van der Waals surface area contributed by atoms with E-state index in [1.807, 2.05) is 12.1 Å². The van der Waals surface area contributed by atoms with Crippen LogP contribution in [0.4, 0.5) is 5.82 Å². The predicted molar refractivity (Wildman–Crippen MR) is 88.0 cm³/mol. The summed E-state index contributed by atoms with van der Waals surface area (Å²) in [5.41, 5.74) is 0.394. The van der Waals surface area contributed by atoms with E-state index in [4.69, 9.17) is 0 Å². The minimum Gasteiger partial charge on any atom is -0.353 e. The van der Waals surface area contributed by atoms with Crippen LogP contribution in [0.3, 0.4) is 0 Å². The molecule has 0 radical (unpaired) electrons. The Morgan fingerprint density at radius 2 is 2.24 bits per heavy atom. The number of nitrogens with zero attached hydrogens (tertiary/aromatic N) is 7. The topological polar surface area (TPSA) is 110 Å². The molecule has 4 heterocycles. The van der Waals surface area contributed by atoms with E-state index in [0.29, 0.717) is 12.2 Å². The molecule has 3 aromatic heterocycles. The van der Waals surface area contributed by atoms with Crippen molar-refractivity contribution in [3.05, 3.63) is 47.1 Å². The molecule has 1 saturated heterocycles. The summed E-state index contributed by atoms with van der Waals surface area (Å²) in [5.74, 6) is 0.583. The zero-order valence-corrected chi connectivity index (χ0v) is 13.3. The summed E-state index contributed by atoms with van der Waals surface area (Å²) in [6.45, 7) is 1.36. The predicted octanol–water partition coefficient (Wildman–Crippen LogP) is -0.924. The summed E-state index contributed by atoms with van der Waals surface area (Å²) in [6, 6.07) is 6.68. The maximum atomic E-state index is 12.1. The van der Waals surface area contributed by atoms with Gasteiger partial charge in [-0.25, -0.2) is 4.68 Å². The number of anilines is 1. The maximum Gasteiger partial charge on any atom is 0.267 e. The monoisotopic (exact) mass is 340 g/mol. The van der Waals surface area contributed by atoms with Crippen LogP contribution in [-0.4, -0.2) is 54.6 Å². The van der Waals surface area contributed by atoms with Crippen LogP contribution in [0.15, 0.2) is 41.6 Å². The fourth-order valence-electron chi connectivity index (χ4n) is 2.89. The normalized spacial score (nSPS) is 17.1. The van der Waals surface area contributed by atoms with Gasteiger partial charge in [0.05, 0.1) is 0 Å². The van der Waals surface area contributed by atoms with Crippen LogP contribution in [0.1, 0.15) is 6.42 Å². The molecule has 1 aliphatic heterocycles. The first kappa shape index (κ1) is 15.2. The van der Waals surface area contributed by atoms with Gasteiger partial charge in [-0.15, -0.1) is 15.3 Å². The third-order valence-electron chi connectivity index (χ3n) is 4.10. The quantitative estimate of drug-likeness (QED) is 0.654. The smallest absolute Gasteiger partial charge is 0.267 e. The van der Waals surface area contributed by atoms with Gasteiger partial charge in [0.2, 0.25) is 5.91 Å². The molecule has 1 fully saturated rings. The van der Waals surface area contributed by atoms with Gasteiger partial charge in [0.25, 0.3) is 5.56 Å². The SMILES string of the molecule is O=C(Cn1ncccc1=O)N[C@H]1CCN(c2ccc3nncn3n2)C1. The Kier molecular flexibility index (Phi) is 3.84. The zero-order chi connectivity index (χ0) is 17.2. The number of carbonyl (C=O) groups is 1. The Bertz CT molecular complexity index is 965. The minimum absolute atomic E-state index is 0.00493. The number of aromatic nitrogens is 6. The largest absolute Gasteiger partial charge is 0.353 e. The van der Waals surface area contributed by atoms with Gasteiger partial charge < -0.3 is 10.2 Å². The summed E-state index contributed by atoms with van der Waals surface area (Å²) in [7, 11) is 0. The van der Waals surface area contributed by atoms with Gasteiger partial charge >= 0.3 is 0 Å². The first-order valence-corrected chi connectivity index (χ1v) is 7.92. The van der Waals surface area contributed by atoms with E-state index in [0.717, 1.165) is 23.5 Å². The van der Waals surface area contributed by atoms with Gasteiger partial charge in [0.1, 0.15) is 18.7 Å². The van der Waals surface area contributed by atoms with E-state index >= 15 is 0 Å². The summed E-state index contributed by atoms with van der Waals surface area (Å²) in [4.78, 5) is 25.8. The van der Waals surface area contributed by atoms with Crippen LogP contribution in [0, 0.1) is 0 Å². The van der Waals surface area contributed by atoms with Gasteiger partial charge in [-0.1, -0.05) is 0 Å². The molecule has 0 unspecified atom stereocenters. The van der Waals surface area contributed by atoms with Crippen molar-refractivity contribution in [1.29, 1.82) is 0 Å². The van der Waals surface area contributed by atoms with Crippen molar-refractivity contribution >= 4 is 17.4 Å². The van der Waals surface area contributed by atoms with Crippen LogP contribution < -0.4 is 15.8 Å². The molecule has 128 valence electrons. The average molecular weight is 340 g/mol. The number of fused-ring (bicyclic) bond motifs is 1. The molecule has 10 nitrogen and oxygen atoms in total. The summed E-state index contributed by atoms with van der Waals surface area (Å²) >= 11 is 0. The molecule has 1 amide bonds. The average Bonchev–Trinajstić information content (AvgIpc) is 3.25. The second-order valence-corrected chi connectivity index (χ2v) is 5.84. The van der Waals surface area contributed by atoms with Crippen molar-refractivity contribution in [2.75, 3.05) is 18.0 Å². The Balaban J connectivity index is 1.38. The highest BCUT2D eigenvalue weighted by molar-refractivity contribution is 5.76. The van der Waals surface area contributed by atoms with Gasteiger partial charge in [-0.2, -0.15) is 9.61 Å². The maximum absolute atomic E-state index is 12.1. The Morgan fingerprint density at radius 3 is 3.12 bits per heavy atom.